The molecule has 0 saturated carbocycles. The van der Waals surface area contributed by atoms with Crippen LogP contribution in [0.4, 0.5) is 8.78 Å². The fraction of sp³-hybridized carbons (Fsp3) is 0.273. The summed E-state index contributed by atoms with van der Waals surface area (Å²) >= 11 is 6.02. The summed E-state index contributed by atoms with van der Waals surface area (Å²) in [6.07, 6.45) is 0.374. The number of piperidine rings is 1. The largest absolute Gasteiger partial charge is 0.357 e. The summed E-state index contributed by atoms with van der Waals surface area (Å²) in [6.45, 7) is 0.137. The first-order valence-corrected chi connectivity index (χ1v) is 11.9. The number of carbonyl (C=O) groups excluding carboxylic acids is 4. The van der Waals surface area contributed by atoms with Gasteiger partial charge in [-0.3, -0.25) is 24.5 Å². The maximum Gasteiger partial charge on any atom is 0.349 e. The van der Waals surface area contributed by atoms with Crippen LogP contribution < -0.4 is 21.6 Å². The number of imide groups is 1. The van der Waals surface area contributed by atoms with Crippen LogP contribution in [0.5, 0.6) is 0 Å². The lowest BCUT2D eigenvalue weighted by molar-refractivity contribution is -0.147. The number of hydrogen-bond acceptors (Lipinski definition) is 4. The Labute approximate surface area is 215 Å². The van der Waals surface area contributed by atoms with Gasteiger partial charge >= 0.3 is 5.92 Å². The normalized spacial score (nSPS) is 18.1. The summed E-state index contributed by atoms with van der Waals surface area (Å²) in [5.74, 6) is -6.49. The van der Waals surface area contributed by atoms with Gasteiger partial charge in [-0.25, -0.2) is 0 Å². The first kappa shape index (κ1) is 26.0. The van der Waals surface area contributed by atoms with Gasteiger partial charge in [-0.15, -0.1) is 0 Å². The molecule has 2 heterocycles. The van der Waals surface area contributed by atoms with Crippen LogP contribution in [0.15, 0.2) is 30.3 Å². The van der Waals surface area contributed by atoms with E-state index in [9.17, 15) is 19.2 Å². The van der Waals surface area contributed by atoms with E-state index in [-0.39, 0.29) is 36.7 Å². The fourth-order valence-electron chi connectivity index (χ4n) is 4.64. The highest BCUT2D eigenvalue weighted by atomic mass is 35.5. The minimum atomic E-state index is -3.80. The van der Waals surface area contributed by atoms with E-state index < -0.39 is 34.7 Å². The van der Waals surface area contributed by atoms with Crippen molar-refractivity contribution < 1.29 is 28.0 Å². The summed E-state index contributed by atoms with van der Waals surface area (Å²) < 4.78 is 30.4. The molecule has 1 saturated heterocycles. The van der Waals surface area contributed by atoms with E-state index in [2.05, 4.69) is 10.6 Å². The third-order valence-corrected chi connectivity index (χ3v) is 7.21. The number of amides is 4. The van der Waals surface area contributed by atoms with E-state index in [0.717, 1.165) is 0 Å². The van der Waals surface area contributed by atoms with Gasteiger partial charge in [-0.1, -0.05) is 40.7 Å². The van der Waals surface area contributed by atoms with Crippen molar-refractivity contribution in [2.24, 2.45) is 0 Å². The Hall–Kier alpha value is -3.07. The van der Waals surface area contributed by atoms with Crippen LogP contribution in [0.25, 0.3) is 0 Å². The molecule has 0 aliphatic carbocycles. The van der Waals surface area contributed by atoms with E-state index >= 15 is 8.78 Å². The Morgan fingerprint density at radius 2 is 1.81 bits per heavy atom. The third kappa shape index (κ3) is 4.56. The Kier molecular flexibility index (Phi) is 6.58. The Morgan fingerprint density at radius 1 is 1.11 bits per heavy atom. The van der Waals surface area contributed by atoms with Crippen molar-refractivity contribution in [2.75, 3.05) is 0 Å². The lowest BCUT2D eigenvalue weighted by Crippen LogP contribution is -2.53. The SMILES string of the molecule is Bc1cc(C(F)(F)C(=O)NC(B)(B)c2ccc3c(c2)CN(C2CCC(=O)NC2=O)C3=O)c(B)cc1Cl. The highest BCUT2D eigenvalue weighted by molar-refractivity contribution is 6.47. The zero-order valence-corrected chi connectivity index (χ0v) is 21.1. The number of rotatable bonds is 5. The Bertz CT molecular complexity index is 1320. The zero-order chi connectivity index (χ0) is 26.6. The molecule has 0 radical (unpaired) electrons. The van der Waals surface area contributed by atoms with Crippen molar-refractivity contribution in [3.63, 3.8) is 0 Å². The number of halogens is 3. The van der Waals surface area contributed by atoms with Gasteiger partial charge < -0.3 is 10.2 Å². The van der Waals surface area contributed by atoms with Crippen molar-refractivity contribution in [1.29, 1.82) is 0 Å². The quantitative estimate of drug-likeness (QED) is 0.330. The molecule has 7 nitrogen and oxygen atoms in total. The molecule has 2 aromatic rings. The molecule has 2 N–H and O–H groups in total. The van der Waals surface area contributed by atoms with Crippen LogP contribution >= 0.6 is 11.6 Å². The average Bonchev–Trinajstić information content (AvgIpc) is 3.11. The topological polar surface area (TPSA) is 95.6 Å². The number of alkyl halides is 2. The molecule has 0 bridgehead atoms. The third-order valence-electron chi connectivity index (χ3n) is 6.80. The van der Waals surface area contributed by atoms with Gasteiger partial charge in [0.25, 0.3) is 11.8 Å². The van der Waals surface area contributed by atoms with Crippen LogP contribution in [0.3, 0.4) is 0 Å². The predicted octanol–water partition coefficient (Wildman–Crippen LogP) is -3.10. The van der Waals surface area contributed by atoms with Gasteiger partial charge in [0.2, 0.25) is 11.8 Å². The van der Waals surface area contributed by atoms with Crippen molar-refractivity contribution >= 4 is 77.5 Å². The second kappa shape index (κ2) is 9.10. The number of benzene rings is 2. The number of nitrogens with one attached hydrogen (secondary N) is 2. The van der Waals surface area contributed by atoms with E-state index in [0.29, 0.717) is 27.2 Å². The van der Waals surface area contributed by atoms with Gasteiger partial charge in [0, 0.05) is 34.5 Å². The molecule has 4 amide bonds. The van der Waals surface area contributed by atoms with E-state index in [1.165, 1.54) is 24.9 Å². The molecule has 1 fully saturated rings. The standard InChI is InChI=1S/C22H22B4ClF2N3O4/c23-13-7-15(27)14(24)6-12(13)21(28,29)20(36)31-22(25,26)10-1-2-11-9(5-10)8-32(19(11)35)16-3-4-17(33)30-18(16)34/h1-2,5-7,16H,3-4,8,23-26H2,(H,31,36)(H,30,33,34). The number of nitrogens with zero attached hydrogens (tertiary/aromatic N) is 1. The van der Waals surface area contributed by atoms with Crippen LogP contribution in [0.1, 0.15) is 39.9 Å². The van der Waals surface area contributed by atoms with Gasteiger partial charge in [-0.2, -0.15) is 8.78 Å². The maximum absolute atomic E-state index is 15.2. The number of fused-ring (bicyclic) bond motifs is 1. The second-order valence-electron chi connectivity index (χ2n) is 9.84. The van der Waals surface area contributed by atoms with Crippen molar-refractivity contribution in [3.8, 4) is 0 Å². The Balaban J connectivity index is 1.55. The van der Waals surface area contributed by atoms with Gasteiger partial charge in [0.1, 0.15) is 37.4 Å². The van der Waals surface area contributed by atoms with Gasteiger partial charge in [-0.05, 0) is 29.7 Å². The first-order valence-electron chi connectivity index (χ1n) is 11.5. The molecule has 2 aromatic carbocycles. The first-order chi connectivity index (χ1) is 16.7. The lowest BCUT2D eigenvalue weighted by atomic mass is 9.57. The zero-order valence-electron chi connectivity index (χ0n) is 20.3. The molecule has 1 atom stereocenters. The average molecular weight is 509 g/mol. The number of hydrogen-bond donors (Lipinski definition) is 2. The molecule has 36 heavy (non-hydrogen) atoms. The van der Waals surface area contributed by atoms with Gasteiger partial charge in [0.15, 0.2) is 0 Å². The second-order valence-corrected chi connectivity index (χ2v) is 10.2. The Morgan fingerprint density at radius 3 is 2.47 bits per heavy atom. The number of carbonyl (C=O) groups is 4. The molecule has 1 unspecified atom stereocenters. The van der Waals surface area contributed by atoms with Gasteiger partial charge in [0.05, 0.1) is 0 Å². The summed E-state index contributed by atoms with van der Waals surface area (Å²) in [7, 11) is 6.25. The van der Waals surface area contributed by atoms with E-state index in [1.807, 2.05) is 0 Å². The van der Waals surface area contributed by atoms with Crippen molar-refractivity contribution in [3.05, 3.63) is 57.6 Å². The van der Waals surface area contributed by atoms with Crippen LogP contribution in [0, 0.1) is 0 Å². The fourth-order valence-corrected chi connectivity index (χ4v) is 4.86. The van der Waals surface area contributed by atoms with E-state index in [1.54, 1.807) is 41.7 Å². The van der Waals surface area contributed by atoms with Crippen molar-refractivity contribution in [1.82, 2.24) is 15.5 Å². The summed E-state index contributed by atoms with van der Waals surface area (Å²) in [4.78, 5) is 50.8. The van der Waals surface area contributed by atoms with E-state index in [4.69, 9.17) is 11.6 Å². The minimum absolute atomic E-state index is 0.137. The summed E-state index contributed by atoms with van der Waals surface area (Å²) in [5.41, 5.74) is 1.74. The lowest BCUT2D eigenvalue weighted by Gasteiger charge is -2.31. The molecule has 0 aromatic heterocycles. The monoisotopic (exact) mass is 509 g/mol. The smallest absolute Gasteiger partial charge is 0.349 e. The van der Waals surface area contributed by atoms with Crippen LogP contribution in [0.2, 0.25) is 5.02 Å². The summed E-state index contributed by atoms with van der Waals surface area (Å²) in [5, 5.41) is 3.83. The molecule has 2 aliphatic rings. The molecule has 2 aliphatic heterocycles. The molecule has 182 valence electrons. The highest BCUT2D eigenvalue weighted by Crippen LogP contribution is 2.32. The minimum Gasteiger partial charge on any atom is -0.357 e. The molecule has 0 spiro atoms. The maximum atomic E-state index is 15.2. The summed E-state index contributed by atoms with van der Waals surface area (Å²) in [6, 6.07) is 6.70. The molecular weight excluding hydrogens is 487 g/mol. The van der Waals surface area contributed by atoms with Crippen molar-refractivity contribution in [2.45, 2.75) is 36.7 Å². The van der Waals surface area contributed by atoms with Crippen LogP contribution in [-0.2, 0) is 32.2 Å². The highest BCUT2D eigenvalue weighted by Gasteiger charge is 2.45. The predicted molar refractivity (Wildman–Crippen MR) is 141 cm³/mol. The molecular formula is C22H22B4ClF2N3O4. The molecule has 4 rings (SSSR count). The van der Waals surface area contributed by atoms with Crippen LogP contribution in [-0.4, -0.2) is 66.0 Å². The molecule has 14 heteroatoms.